The van der Waals surface area contributed by atoms with Crippen molar-refractivity contribution < 1.29 is 9.15 Å². The minimum absolute atomic E-state index is 0.0991. The number of likely N-dealkylation sites (tertiary alicyclic amines) is 1. The number of hydrogen-bond donors (Lipinski definition) is 1. The number of hydrazine groups is 1. The van der Waals surface area contributed by atoms with Gasteiger partial charge in [0, 0.05) is 42.5 Å². The van der Waals surface area contributed by atoms with E-state index >= 15 is 0 Å². The monoisotopic (exact) mass is 477 g/mol. The van der Waals surface area contributed by atoms with Gasteiger partial charge in [0.2, 0.25) is 0 Å². The van der Waals surface area contributed by atoms with Gasteiger partial charge in [0.15, 0.2) is 11.5 Å². The second kappa shape index (κ2) is 7.55. The van der Waals surface area contributed by atoms with E-state index in [1.165, 1.54) is 11.1 Å². The topological polar surface area (TPSA) is 40.9 Å². The van der Waals surface area contributed by atoms with E-state index in [1.54, 1.807) is 6.26 Å². The van der Waals surface area contributed by atoms with Crippen molar-refractivity contribution in [2.75, 3.05) is 13.1 Å². The van der Waals surface area contributed by atoms with Crippen LogP contribution in [0.3, 0.4) is 0 Å². The van der Waals surface area contributed by atoms with E-state index in [1.807, 2.05) is 12.1 Å². The summed E-state index contributed by atoms with van der Waals surface area (Å²) in [5, 5.41) is 2.31. The molecule has 1 aromatic heterocycles. The van der Waals surface area contributed by atoms with Gasteiger partial charge in [0.25, 0.3) is 0 Å². The van der Waals surface area contributed by atoms with Crippen molar-refractivity contribution in [2.24, 2.45) is 0 Å². The maximum atomic E-state index is 6.75. The molecule has 31 heavy (non-hydrogen) atoms. The fraction of sp³-hybridized carbons (Fsp3) is 0.280. The number of nitrogens with zero attached hydrogens (tertiary/aromatic N) is 2. The third kappa shape index (κ3) is 3.39. The highest BCUT2D eigenvalue weighted by Gasteiger charge is 2.51. The number of rotatable bonds is 3. The van der Waals surface area contributed by atoms with Gasteiger partial charge in [-0.1, -0.05) is 46.3 Å². The van der Waals surface area contributed by atoms with Crippen LogP contribution >= 0.6 is 15.9 Å². The normalized spacial score (nSPS) is 22.4. The lowest BCUT2D eigenvalue weighted by atomic mass is 9.92. The van der Waals surface area contributed by atoms with E-state index in [0.717, 1.165) is 54.2 Å². The fourth-order valence-corrected chi connectivity index (χ4v) is 5.34. The number of hydrogen-bond acceptors (Lipinski definition) is 5. The number of ether oxygens (including phenoxy) is 1. The highest BCUT2D eigenvalue weighted by atomic mass is 79.9. The summed E-state index contributed by atoms with van der Waals surface area (Å²) in [4.78, 5) is 2.52. The van der Waals surface area contributed by atoms with Crippen molar-refractivity contribution in [1.29, 1.82) is 0 Å². The van der Waals surface area contributed by atoms with E-state index in [2.05, 4.69) is 85.9 Å². The summed E-state index contributed by atoms with van der Waals surface area (Å²) in [5.41, 5.74) is 6.76. The minimum Gasteiger partial charge on any atom is -0.470 e. The van der Waals surface area contributed by atoms with Crippen LogP contribution in [0.1, 0.15) is 35.8 Å². The Morgan fingerprint density at radius 3 is 2.65 bits per heavy atom. The first kappa shape index (κ1) is 19.2. The number of furan rings is 1. The molecular formula is C25H24BrN3O2. The molecule has 0 bridgehead atoms. The van der Waals surface area contributed by atoms with Crippen LogP contribution in [0.5, 0.6) is 5.75 Å². The smallest absolute Gasteiger partial charge is 0.182 e. The van der Waals surface area contributed by atoms with E-state index in [0.29, 0.717) is 0 Å². The summed E-state index contributed by atoms with van der Waals surface area (Å²) < 4.78 is 13.5. The fourth-order valence-electron chi connectivity index (χ4n) is 4.96. The molecule has 0 aliphatic carbocycles. The summed E-state index contributed by atoms with van der Waals surface area (Å²) in [6.45, 7) is 2.96. The first-order chi connectivity index (χ1) is 15.2. The van der Waals surface area contributed by atoms with Crippen LogP contribution in [0.25, 0.3) is 5.70 Å². The third-order valence-corrected chi connectivity index (χ3v) is 7.04. The van der Waals surface area contributed by atoms with Crippen molar-refractivity contribution in [1.82, 2.24) is 15.3 Å². The Morgan fingerprint density at radius 1 is 1.03 bits per heavy atom. The van der Waals surface area contributed by atoms with Gasteiger partial charge < -0.3 is 14.6 Å². The van der Waals surface area contributed by atoms with Gasteiger partial charge in [0.1, 0.15) is 5.75 Å². The van der Waals surface area contributed by atoms with Crippen molar-refractivity contribution in [3.8, 4) is 5.75 Å². The minimum atomic E-state index is -0.385. The summed E-state index contributed by atoms with van der Waals surface area (Å²) in [6, 6.07) is 21.0. The summed E-state index contributed by atoms with van der Waals surface area (Å²) in [6.07, 6.45) is 5.83. The average molecular weight is 478 g/mol. The van der Waals surface area contributed by atoms with Gasteiger partial charge in [-0.15, -0.1) is 0 Å². The Morgan fingerprint density at radius 2 is 1.87 bits per heavy atom. The van der Waals surface area contributed by atoms with E-state index in [-0.39, 0.29) is 11.8 Å². The molecule has 6 rings (SSSR count). The van der Waals surface area contributed by atoms with Gasteiger partial charge in [-0.2, -0.15) is 5.01 Å². The first-order valence-electron chi connectivity index (χ1n) is 10.8. The quantitative estimate of drug-likeness (QED) is 0.551. The molecule has 0 radical (unpaired) electrons. The molecule has 158 valence electrons. The molecule has 3 aliphatic rings. The zero-order valence-electron chi connectivity index (χ0n) is 17.1. The molecule has 6 heteroatoms. The van der Waals surface area contributed by atoms with Crippen LogP contribution in [-0.4, -0.2) is 28.7 Å². The standard InChI is InChI=1S/C25H24BrN3O2/c26-19-8-9-23-20(15-19)22-16-21(24-7-4-14-30-24)27-29(22)25(31-23)10-12-28(13-11-25)17-18-5-2-1-3-6-18/h1-9,14-16,22,27H,10-13,17H2. The van der Waals surface area contributed by atoms with Crippen LogP contribution in [0, 0.1) is 0 Å². The Balaban J connectivity index is 1.29. The maximum Gasteiger partial charge on any atom is 0.182 e. The maximum absolute atomic E-state index is 6.75. The number of fused-ring (bicyclic) bond motifs is 4. The Bertz CT molecular complexity index is 1110. The number of halogens is 1. The van der Waals surface area contributed by atoms with E-state index < -0.39 is 0 Å². The second-order valence-electron chi connectivity index (χ2n) is 8.48. The van der Waals surface area contributed by atoms with E-state index in [9.17, 15) is 0 Å². The molecule has 0 amide bonds. The number of benzene rings is 2. The molecule has 4 heterocycles. The lowest BCUT2D eigenvalue weighted by molar-refractivity contribution is -0.160. The highest BCUT2D eigenvalue weighted by Crippen LogP contribution is 2.49. The Labute approximate surface area is 190 Å². The van der Waals surface area contributed by atoms with Crippen molar-refractivity contribution in [3.05, 3.63) is 94.4 Å². The van der Waals surface area contributed by atoms with Crippen molar-refractivity contribution >= 4 is 21.6 Å². The molecule has 0 saturated carbocycles. The molecule has 1 N–H and O–H groups in total. The molecule has 1 unspecified atom stereocenters. The molecule has 3 aliphatic heterocycles. The van der Waals surface area contributed by atoms with Crippen molar-refractivity contribution in [3.63, 3.8) is 0 Å². The van der Waals surface area contributed by atoms with Crippen LogP contribution < -0.4 is 10.2 Å². The van der Waals surface area contributed by atoms with Crippen LogP contribution in [0.4, 0.5) is 0 Å². The summed E-state index contributed by atoms with van der Waals surface area (Å²) in [5.74, 6) is 1.82. The van der Waals surface area contributed by atoms with Crippen LogP contribution in [0.2, 0.25) is 0 Å². The predicted octanol–water partition coefficient (Wildman–Crippen LogP) is 5.33. The lowest BCUT2D eigenvalue weighted by Crippen LogP contribution is -2.63. The Hall–Kier alpha value is -2.54. The molecule has 1 spiro atoms. The molecule has 5 nitrogen and oxygen atoms in total. The van der Waals surface area contributed by atoms with Crippen LogP contribution in [0.15, 0.2) is 81.9 Å². The van der Waals surface area contributed by atoms with Gasteiger partial charge >= 0.3 is 0 Å². The van der Waals surface area contributed by atoms with Gasteiger partial charge in [-0.05, 0) is 42.0 Å². The molecule has 1 saturated heterocycles. The SMILES string of the molecule is Brc1ccc2c(c1)C1C=C(c3ccco3)NN1C1(CCN(Cc3ccccc3)CC1)O2. The first-order valence-corrected chi connectivity index (χ1v) is 11.6. The van der Waals surface area contributed by atoms with E-state index in [4.69, 9.17) is 9.15 Å². The Kier molecular flexibility index (Phi) is 4.67. The lowest BCUT2D eigenvalue weighted by Gasteiger charge is -2.51. The van der Waals surface area contributed by atoms with Gasteiger partial charge in [-0.3, -0.25) is 4.90 Å². The molecule has 1 atom stereocenters. The number of piperidine rings is 1. The third-order valence-electron chi connectivity index (χ3n) is 6.55. The largest absolute Gasteiger partial charge is 0.470 e. The molecule has 3 aromatic rings. The molecule has 1 fully saturated rings. The second-order valence-corrected chi connectivity index (χ2v) is 9.39. The summed E-state index contributed by atoms with van der Waals surface area (Å²) >= 11 is 3.63. The predicted molar refractivity (Wildman–Crippen MR) is 123 cm³/mol. The van der Waals surface area contributed by atoms with Gasteiger partial charge in [-0.25, -0.2) is 0 Å². The zero-order chi connectivity index (χ0) is 20.8. The molecular weight excluding hydrogens is 454 g/mol. The van der Waals surface area contributed by atoms with Crippen LogP contribution in [-0.2, 0) is 6.54 Å². The summed E-state index contributed by atoms with van der Waals surface area (Å²) in [7, 11) is 0. The number of nitrogens with one attached hydrogen (secondary N) is 1. The highest BCUT2D eigenvalue weighted by molar-refractivity contribution is 9.10. The molecule has 2 aromatic carbocycles. The van der Waals surface area contributed by atoms with Gasteiger partial charge in [0.05, 0.1) is 18.0 Å². The van der Waals surface area contributed by atoms with Crippen molar-refractivity contribution in [2.45, 2.75) is 31.2 Å². The zero-order valence-corrected chi connectivity index (χ0v) is 18.7. The average Bonchev–Trinajstić information content (AvgIpc) is 3.47.